The van der Waals surface area contributed by atoms with Gasteiger partial charge in [0.25, 0.3) is 0 Å². The minimum absolute atomic E-state index is 0.0577. The fourth-order valence-corrected chi connectivity index (χ4v) is 4.91. The number of ether oxygens (including phenoxy) is 3. The highest BCUT2D eigenvalue weighted by Crippen LogP contribution is 2.50. The third-order valence-electron chi connectivity index (χ3n) is 4.43. The molecule has 0 aromatic carbocycles. The fraction of sp³-hybridized carbons (Fsp3) is 1.00. The van der Waals surface area contributed by atoms with Crippen molar-refractivity contribution in [2.75, 3.05) is 26.4 Å². The Bertz CT molecular complexity index is 672. The van der Waals surface area contributed by atoms with Crippen LogP contribution in [-0.4, -0.2) is 111 Å². The zero-order chi connectivity index (χ0) is 23.4. The lowest BCUT2D eigenvalue weighted by Gasteiger charge is -2.25. The van der Waals surface area contributed by atoms with Gasteiger partial charge in [-0.15, -0.1) is 0 Å². The summed E-state index contributed by atoms with van der Waals surface area (Å²) in [7, 11) is 1.77. The highest BCUT2D eigenvalue weighted by molar-refractivity contribution is 7.47. The van der Waals surface area contributed by atoms with E-state index in [0.717, 1.165) is 0 Å². The Morgan fingerprint density at radius 1 is 0.806 bits per heavy atom. The summed E-state index contributed by atoms with van der Waals surface area (Å²) < 4.78 is 59.2. The van der Waals surface area contributed by atoms with Crippen molar-refractivity contribution in [2.45, 2.75) is 62.5 Å². The molecule has 13 nitrogen and oxygen atoms in total. The van der Waals surface area contributed by atoms with Gasteiger partial charge in [0.1, 0.15) is 52.3 Å². The molecule has 4 radical (unpaired) electrons. The Balaban J connectivity index is 2.00. The molecule has 6 unspecified atom stereocenters. The first-order chi connectivity index (χ1) is 14.4. The molecule has 2 aliphatic heterocycles. The number of aliphatic hydroxyl groups is 2. The van der Waals surface area contributed by atoms with Crippen LogP contribution < -0.4 is 0 Å². The number of hydrogen-bond acceptors (Lipinski definition) is 11. The van der Waals surface area contributed by atoms with Crippen molar-refractivity contribution in [3.8, 4) is 0 Å². The molecule has 0 aliphatic carbocycles. The van der Waals surface area contributed by atoms with E-state index < -0.39 is 70.9 Å². The molecule has 2 rings (SSSR count). The molecule has 0 spiro atoms. The van der Waals surface area contributed by atoms with Crippen LogP contribution in [0.15, 0.2) is 0 Å². The molecule has 0 amide bonds. The van der Waals surface area contributed by atoms with Crippen LogP contribution in [0, 0.1) is 0 Å². The molecule has 0 bridgehead atoms. The van der Waals surface area contributed by atoms with Gasteiger partial charge in [0.05, 0.1) is 19.8 Å². The number of phosphoric acid groups is 2. The summed E-state index contributed by atoms with van der Waals surface area (Å²) in [5, 5.41) is 20.1. The summed E-state index contributed by atoms with van der Waals surface area (Å²) in [5.74, 6) is 0. The van der Waals surface area contributed by atoms with Crippen LogP contribution in [0.5, 0.6) is 0 Å². The summed E-state index contributed by atoms with van der Waals surface area (Å²) in [6, 6.07) is -2.49. The van der Waals surface area contributed by atoms with Crippen molar-refractivity contribution in [1.29, 1.82) is 0 Å². The second-order valence-electron chi connectivity index (χ2n) is 6.71. The van der Waals surface area contributed by atoms with Crippen molar-refractivity contribution < 1.29 is 61.4 Å². The van der Waals surface area contributed by atoms with Gasteiger partial charge < -0.3 is 34.2 Å². The van der Waals surface area contributed by atoms with E-state index in [-0.39, 0.29) is 13.2 Å². The molecule has 2 heterocycles. The second kappa shape index (κ2) is 11.5. The van der Waals surface area contributed by atoms with Gasteiger partial charge in [-0.2, -0.15) is 0 Å². The molecule has 2 saturated heterocycles. The van der Waals surface area contributed by atoms with Gasteiger partial charge in [-0.1, -0.05) is 0 Å². The monoisotopic (exact) mass is 486 g/mol. The van der Waals surface area contributed by atoms with Gasteiger partial charge in [-0.3, -0.25) is 18.1 Å². The Morgan fingerprint density at radius 3 is 1.71 bits per heavy atom. The lowest BCUT2D eigenvalue weighted by atomic mass is 9.93. The van der Waals surface area contributed by atoms with Crippen molar-refractivity contribution >= 4 is 31.3 Å². The molecule has 4 N–H and O–H groups in total. The summed E-state index contributed by atoms with van der Waals surface area (Å²) >= 11 is 0. The zero-order valence-electron chi connectivity index (χ0n) is 17.0. The Hall–Kier alpha value is 0.150. The number of aliphatic hydroxyl groups excluding tert-OH is 2. The Labute approximate surface area is 182 Å². The largest absolute Gasteiger partial charge is 0.472 e. The van der Waals surface area contributed by atoms with Crippen molar-refractivity contribution in [3.05, 3.63) is 0 Å². The predicted molar refractivity (Wildman–Crippen MR) is 104 cm³/mol. The third kappa shape index (κ3) is 7.58. The van der Waals surface area contributed by atoms with E-state index in [9.17, 15) is 29.1 Å². The highest BCUT2D eigenvalue weighted by atomic mass is 31.2. The molecule has 0 aromatic rings. The molecule has 0 aromatic heterocycles. The summed E-state index contributed by atoms with van der Waals surface area (Å²) in [6.07, 6.45) is -8.08. The van der Waals surface area contributed by atoms with E-state index in [1.54, 1.807) is 6.92 Å². The highest BCUT2D eigenvalue weighted by Gasteiger charge is 2.49. The van der Waals surface area contributed by atoms with Gasteiger partial charge in [0.15, 0.2) is 0 Å². The molecule has 17 heteroatoms. The minimum Gasteiger partial charge on any atom is -0.388 e. The van der Waals surface area contributed by atoms with Crippen LogP contribution in [0.1, 0.15) is 13.8 Å². The van der Waals surface area contributed by atoms with E-state index in [1.165, 1.54) is 6.92 Å². The van der Waals surface area contributed by atoms with Gasteiger partial charge in [0.2, 0.25) is 0 Å². The normalized spacial score (nSPS) is 39.9. The van der Waals surface area contributed by atoms with Crippen LogP contribution in [0.4, 0.5) is 0 Å². The molecule has 176 valence electrons. The van der Waals surface area contributed by atoms with E-state index >= 15 is 0 Å². The molecule has 2 aliphatic rings. The topological polar surface area (TPSA) is 180 Å². The van der Waals surface area contributed by atoms with E-state index in [4.69, 9.17) is 43.5 Å². The molecule has 10 atom stereocenters. The molecule has 2 fully saturated rings. The van der Waals surface area contributed by atoms with Crippen LogP contribution in [0.2, 0.25) is 0 Å². The summed E-state index contributed by atoms with van der Waals surface area (Å²) in [5.41, 5.74) is 0. The SMILES string of the molecule is [B][C@@H]1O[C@H](COCC)C(OP(=O)(O)OC[C@H]2O[C@@H]([B])C(O)C2OP(=O)(O)OCC)C1O. The van der Waals surface area contributed by atoms with Gasteiger partial charge >= 0.3 is 15.6 Å². The van der Waals surface area contributed by atoms with Gasteiger partial charge in [-0.25, -0.2) is 9.13 Å². The Kier molecular flexibility index (Phi) is 10.2. The first kappa shape index (κ1) is 27.4. The van der Waals surface area contributed by atoms with Crippen molar-refractivity contribution in [1.82, 2.24) is 0 Å². The van der Waals surface area contributed by atoms with Crippen molar-refractivity contribution in [3.63, 3.8) is 0 Å². The first-order valence-corrected chi connectivity index (χ1v) is 12.5. The standard InChI is InChI=1S/C14H26B2O13P2/c1-3-23-5-7-11(9(17)13(15)26-7)29-31(21,22)25-6-8-12(10(18)14(16)27-8)28-30(19,20)24-4-2/h7-14,17-18H,3-6H2,1-2H3,(H,19,20)(H,21,22)/t7-,8-,9?,10?,11?,12?,13-,14-/m1/s1. The first-order valence-electron chi connectivity index (χ1n) is 9.48. The van der Waals surface area contributed by atoms with Crippen LogP contribution >= 0.6 is 15.6 Å². The zero-order valence-corrected chi connectivity index (χ0v) is 18.7. The molecular formula is C14H26B2O13P2. The molecule has 0 saturated carbocycles. The van der Waals surface area contributed by atoms with Gasteiger partial charge in [-0.05, 0) is 13.8 Å². The second-order valence-corrected chi connectivity index (χ2v) is 9.52. The maximum Gasteiger partial charge on any atom is 0.472 e. The average Bonchev–Trinajstić information content (AvgIpc) is 3.09. The molecule has 31 heavy (non-hydrogen) atoms. The quantitative estimate of drug-likeness (QED) is 0.186. The van der Waals surface area contributed by atoms with Crippen molar-refractivity contribution in [2.24, 2.45) is 0 Å². The smallest absolute Gasteiger partial charge is 0.388 e. The van der Waals surface area contributed by atoms with Crippen LogP contribution in [0.3, 0.4) is 0 Å². The summed E-state index contributed by atoms with van der Waals surface area (Å²) in [6.45, 7) is 2.56. The maximum absolute atomic E-state index is 12.4. The number of rotatable bonds is 12. The number of phosphoric ester groups is 2. The summed E-state index contributed by atoms with van der Waals surface area (Å²) in [4.78, 5) is 19.7. The van der Waals surface area contributed by atoms with E-state index in [0.29, 0.717) is 6.61 Å². The number of hydrogen-bond donors (Lipinski definition) is 4. The van der Waals surface area contributed by atoms with Crippen LogP contribution in [0.25, 0.3) is 0 Å². The Morgan fingerprint density at radius 2 is 1.26 bits per heavy atom. The van der Waals surface area contributed by atoms with Gasteiger partial charge in [0, 0.05) is 18.6 Å². The fourth-order valence-electron chi connectivity index (χ4n) is 3.00. The molecular weight excluding hydrogens is 460 g/mol. The minimum atomic E-state index is -4.83. The van der Waals surface area contributed by atoms with E-state index in [2.05, 4.69) is 4.52 Å². The maximum atomic E-state index is 12.4. The lowest BCUT2D eigenvalue weighted by molar-refractivity contribution is -0.0424. The van der Waals surface area contributed by atoms with Crippen LogP contribution in [-0.2, 0) is 41.4 Å². The lowest BCUT2D eigenvalue weighted by Crippen LogP contribution is -2.38. The van der Waals surface area contributed by atoms with E-state index in [1.807, 2.05) is 0 Å². The predicted octanol–water partition coefficient (Wildman–Crippen LogP) is -1.44. The average molecular weight is 486 g/mol. The third-order valence-corrected chi connectivity index (χ3v) is 6.51.